The molecule has 0 bridgehead atoms. The van der Waals surface area contributed by atoms with Crippen molar-refractivity contribution in [2.45, 2.75) is 6.92 Å². The fourth-order valence-electron chi connectivity index (χ4n) is 3.29. The first kappa shape index (κ1) is 17.6. The minimum atomic E-state index is -3.37. The molecule has 0 aliphatic rings. The molecule has 6 nitrogen and oxygen atoms in total. The van der Waals surface area contributed by atoms with E-state index in [0.29, 0.717) is 21.5 Å². The third-order valence-corrected chi connectivity index (χ3v) is 5.88. The lowest BCUT2D eigenvalue weighted by molar-refractivity contribution is 0.477. The zero-order chi connectivity index (χ0) is 19.3. The topological polar surface area (TPSA) is 99.3 Å². The van der Waals surface area contributed by atoms with Crippen LogP contribution in [0.25, 0.3) is 32.1 Å². The van der Waals surface area contributed by atoms with Gasteiger partial charge in [-0.05, 0) is 47.7 Å². The van der Waals surface area contributed by atoms with Crippen LogP contribution in [0.15, 0.2) is 46.6 Å². The van der Waals surface area contributed by atoms with E-state index >= 15 is 0 Å². The van der Waals surface area contributed by atoms with Gasteiger partial charge >= 0.3 is 0 Å². The van der Waals surface area contributed by atoms with Gasteiger partial charge in [0.15, 0.2) is 0 Å². The highest BCUT2D eigenvalue weighted by Crippen LogP contribution is 2.41. The number of H-pyrrole nitrogens is 1. The minimum absolute atomic E-state index is 0.100. The smallest absolute Gasteiger partial charge is 0.266 e. The third-order valence-electron chi connectivity index (χ3n) is 4.36. The van der Waals surface area contributed by atoms with Crippen LogP contribution in [0.4, 0.5) is 5.69 Å². The molecule has 4 aromatic rings. The van der Waals surface area contributed by atoms with Crippen LogP contribution in [0.5, 0.6) is 5.75 Å². The van der Waals surface area contributed by atoms with Crippen molar-refractivity contribution >= 4 is 48.0 Å². The van der Waals surface area contributed by atoms with Crippen molar-refractivity contribution in [2.75, 3.05) is 11.0 Å². The second-order valence-electron chi connectivity index (χ2n) is 6.41. The maximum absolute atomic E-state index is 12.3. The number of anilines is 1. The molecular formula is C19H16N2O4S2. The molecule has 2 aromatic carbocycles. The zero-order valence-corrected chi connectivity index (χ0v) is 16.2. The third kappa shape index (κ3) is 3.07. The van der Waals surface area contributed by atoms with Gasteiger partial charge in [-0.1, -0.05) is 12.1 Å². The van der Waals surface area contributed by atoms with Gasteiger partial charge in [-0.2, -0.15) is 0 Å². The Bertz CT molecular complexity index is 1350. The molecule has 0 aliphatic carbocycles. The SMILES string of the molecule is Cc1cc(O)c(-c2ccc(NS(C)(=O)=O)cc2)c2c1[nH]c(=O)c1sccc12. The summed E-state index contributed by atoms with van der Waals surface area (Å²) >= 11 is 1.35. The van der Waals surface area contributed by atoms with Crippen LogP contribution in [-0.4, -0.2) is 24.8 Å². The predicted molar refractivity (Wildman–Crippen MR) is 110 cm³/mol. The Morgan fingerprint density at radius 2 is 1.85 bits per heavy atom. The number of rotatable bonds is 3. The van der Waals surface area contributed by atoms with Gasteiger partial charge in [-0.3, -0.25) is 9.52 Å². The molecule has 0 amide bonds. The van der Waals surface area contributed by atoms with E-state index in [-0.39, 0.29) is 11.3 Å². The normalized spacial score (nSPS) is 11.9. The lowest BCUT2D eigenvalue weighted by Crippen LogP contribution is -2.09. The number of phenolic OH excluding ortho intramolecular Hbond substituents is 1. The average molecular weight is 400 g/mol. The van der Waals surface area contributed by atoms with Gasteiger partial charge in [-0.15, -0.1) is 11.3 Å². The molecule has 8 heteroatoms. The molecule has 0 saturated heterocycles. The van der Waals surface area contributed by atoms with Gasteiger partial charge in [0.05, 0.1) is 11.8 Å². The highest BCUT2D eigenvalue weighted by Gasteiger charge is 2.17. The number of aromatic nitrogens is 1. The monoisotopic (exact) mass is 400 g/mol. The quantitative estimate of drug-likeness (QED) is 0.487. The molecule has 0 spiro atoms. The number of sulfonamides is 1. The summed E-state index contributed by atoms with van der Waals surface area (Å²) in [4.78, 5) is 15.3. The van der Waals surface area contributed by atoms with Crippen molar-refractivity contribution in [3.8, 4) is 16.9 Å². The van der Waals surface area contributed by atoms with Crippen molar-refractivity contribution < 1.29 is 13.5 Å². The Morgan fingerprint density at radius 3 is 2.52 bits per heavy atom. The van der Waals surface area contributed by atoms with Crippen LogP contribution in [0, 0.1) is 6.92 Å². The molecular weight excluding hydrogens is 384 g/mol. The van der Waals surface area contributed by atoms with E-state index in [4.69, 9.17) is 0 Å². The van der Waals surface area contributed by atoms with E-state index in [1.165, 1.54) is 11.3 Å². The summed E-state index contributed by atoms with van der Waals surface area (Å²) in [6, 6.07) is 10.2. The number of benzene rings is 2. The lowest BCUT2D eigenvalue weighted by Gasteiger charge is -2.13. The maximum Gasteiger partial charge on any atom is 0.266 e. The van der Waals surface area contributed by atoms with Crippen LogP contribution in [0.2, 0.25) is 0 Å². The summed E-state index contributed by atoms with van der Waals surface area (Å²) in [6.45, 7) is 1.83. The van der Waals surface area contributed by atoms with Crippen LogP contribution >= 0.6 is 11.3 Å². The van der Waals surface area contributed by atoms with Gasteiger partial charge in [0.25, 0.3) is 5.56 Å². The predicted octanol–water partition coefficient (Wildman–Crippen LogP) is 3.80. The number of nitrogens with one attached hydrogen (secondary N) is 2. The summed E-state index contributed by atoms with van der Waals surface area (Å²) in [7, 11) is -3.37. The maximum atomic E-state index is 12.3. The van der Waals surface area contributed by atoms with Crippen molar-refractivity contribution in [3.63, 3.8) is 0 Å². The molecule has 27 heavy (non-hydrogen) atoms. The molecule has 138 valence electrons. The fraction of sp³-hybridized carbons (Fsp3) is 0.105. The Kier molecular flexibility index (Phi) is 3.97. The Labute approximate surface area is 159 Å². The minimum Gasteiger partial charge on any atom is -0.507 e. The molecule has 0 aliphatic heterocycles. The summed E-state index contributed by atoms with van der Waals surface area (Å²) in [5.41, 5.74) is 3.05. The van der Waals surface area contributed by atoms with E-state index in [1.54, 1.807) is 30.3 Å². The molecule has 0 atom stereocenters. The second-order valence-corrected chi connectivity index (χ2v) is 9.07. The Balaban J connectivity index is 2.02. The first-order valence-electron chi connectivity index (χ1n) is 8.08. The highest BCUT2D eigenvalue weighted by molar-refractivity contribution is 7.92. The largest absolute Gasteiger partial charge is 0.507 e. The van der Waals surface area contributed by atoms with E-state index in [0.717, 1.165) is 28.2 Å². The van der Waals surface area contributed by atoms with Gasteiger partial charge in [0.1, 0.15) is 10.4 Å². The number of phenols is 1. The van der Waals surface area contributed by atoms with Crippen molar-refractivity contribution in [1.82, 2.24) is 4.98 Å². The molecule has 2 aromatic heterocycles. The zero-order valence-electron chi connectivity index (χ0n) is 14.5. The number of aromatic hydroxyl groups is 1. The van der Waals surface area contributed by atoms with Gasteiger partial charge < -0.3 is 10.1 Å². The number of hydrogen-bond acceptors (Lipinski definition) is 5. The highest BCUT2D eigenvalue weighted by atomic mass is 32.2. The Hall–Kier alpha value is -2.84. The first-order valence-corrected chi connectivity index (χ1v) is 10.9. The van der Waals surface area contributed by atoms with Crippen molar-refractivity contribution in [3.05, 3.63) is 57.7 Å². The average Bonchev–Trinajstić information content (AvgIpc) is 3.06. The van der Waals surface area contributed by atoms with E-state index in [9.17, 15) is 18.3 Å². The van der Waals surface area contributed by atoms with Crippen LogP contribution < -0.4 is 10.3 Å². The van der Waals surface area contributed by atoms with E-state index in [2.05, 4.69) is 9.71 Å². The lowest BCUT2D eigenvalue weighted by atomic mass is 9.95. The summed E-state index contributed by atoms with van der Waals surface area (Å²) in [5, 5.41) is 14.1. The second kappa shape index (κ2) is 6.11. The number of pyridine rings is 1. The van der Waals surface area contributed by atoms with Crippen molar-refractivity contribution in [2.24, 2.45) is 0 Å². The first-order chi connectivity index (χ1) is 12.7. The molecule has 4 rings (SSSR count). The van der Waals surface area contributed by atoms with Crippen LogP contribution in [-0.2, 0) is 10.0 Å². The van der Waals surface area contributed by atoms with E-state index < -0.39 is 10.0 Å². The van der Waals surface area contributed by atoms with Gasteiger partial charge in [0.2, 0.25) is 10.0 Å². The number of aromatic amines is 1. The molecule has 2 heterocycles. The molecule has 0 radical (unpaired) electrons. The fourth-order valence-corrected chi connectivity index (χ4v) is 4.65. The van der Waals surface area contributed by atoms with Crippen molar-refractivity contribution in [1.29, 1.82) is 0 Å². The molecule has 0 unspecified atom stereocenters. The number of thiophene rings is 1. The number of aryl methyl sites for hydroxylation is 1. The molecule has 0 saturated carbocycles. The van der Waals surface area contributed by atoms with Gasteiger partial charge in [0, 0.05) is 22.0 Å². The van der Waals surface area contributed by atoms with E-state index in [1.807, 2.05) is 18.4 Å². The standard InChI is InChI=1S/C19H16N2O4S2/c1-10-9-14(22)15(11-3-5-12(6-4-11)21-27(2,24)25)16-13-7-8-26-18(13)19(23)20-17(10)16/h3-9,21-22H,1-2H3,(H,20,23). The molecule has 3 N–H and O–H groups in total. The summed E-state index contributed by atoms with van der Waals surface area (Å²) < 4.78 is 25.8. The van der Waals surface area contributed by atoms with Gasteiger partial charge in [-0.25, -0.2) is 8.42 Å². The number of fused-ring (bicyclic) bond motifs is 3. The Morgan fingerprint density at radius 1 is 1.15 bits per heavy atom. The molecule has 0 fully saturated rings. The number of hydrogen-bond donors (Lipinski definition) is 3. The van der Waals surface area contributed by atoms with Crippen LogP contribution in [0.1, 0.15) is 5.56 Å². The summed E-state index contributed by atoms with van der Waals surface area (Å²) in [6.07, 6.45) is 1.09. The van der Waals surface area contributed by atoms with Crippen LogP contribution in [0.3, 0.4) is 0 Å². The summed E-state index contributed by atoms with van der Waals surface area (Å²) in [5.74, 6) is 0.100.